The van der Waals surface area contributed by atoms with Gasteiger partial charge >= 0.3 is 5.69 Å². The Balaban J connectivity index is 1.51. The Morgan fingerprint density at radius 2 is 1.92 bits per heavy atom. The molecule has 0 aliphatic rings. The predicted octanol–water partition coefficient (Wildman–Crippen LogP) is 4.63. The molecule has 4 aromatic heterocycles. The highest BCUT2D eigenvalue weighted by atomic mass is 32.1. The molecular weight excluding hydrogens is 476 g/mol. The molecule has 10 heteroatoms. The van der Waals surface area contributed by atoms with Crippen LogP contribution in [-0.4, -0.2) is 41.2 Å². The SMILES string of the molecule is CCCC(O)CCn1c(NC(=O)c2ccc(-c3ccncc3)s2)nc2cc3[nH]c(=O)n(CC)c3cc21. The highest BCUT2D eigenvalue weighted by molar-refractivity contribution is 7.17. The van der Waals surface area contributed by atoms with E-state index >= 15 is 0 Å². The molecule has 4 heterocycles. The first-order chi connectivity index (χ1) is 17.5. The molecule has 0 spiro atoms. The third-order valence-corrected chi connectivity index (χ3v) is 7.42. The number of nitrogens with one attached hydrogen (secondary N) is 2. The van der Waals surface area contributed by atoms with Gasteiger partial charge in [-0.25, -0.2) is 9.78 Å². The molecule has 0 bridgehead atoms. The third-order valence-electron chi connectivity index (χ3n) is 6.29. The number of carbonyl (C=O) groups is 1. The van der Waals surface area contributed by atoms with Crippen LogP contribution in [0, 0.1) is 0 Å². The summed E-state index contributed by atoms with van der Waals surface area (Å²) >= 11 is 1.40. The molecule has 36 heavy (non-hydrogen) atoms. The highest BCUT2D eigenvalue weighted by Crippen LogP contribution is 2.29. The first-order valence-corrected chi connectivity index (χ1v) is 12.9. The minimum absolute atomic E-state index is 0.165. The number of aliphatic hydroxyl groups excluding tert-OH is 1. The number of aliphatic hydroxyl groups is 1. The van der Waals surface area contributed by atoms with Crippen molar-refractivity contribution < 1.29 is 9.90 Å². The Bertz CT molecular complexity index is 1580. The van der Waals surface area contributed by atoms with E-state index in [2.05, 4.69) is 15.3 Å². The van der Waals surface area contributed by atoms with E-state index in [0.29, 0.717) is 47.8 Å². The van der Waals surface area contributed by atoms with Gasteiger partial charge in [-0.2, -0.15) is 0 Å². The van der Waals surface area contributed by atoms with Crippen molar-refractivity contribution in [1.82, 2.24) is 24.1 Å². The van der Waals surface area contributed by atoms with Crippen LogP contribution in [0.4, 0.5) is 5.95 Å². The standard InChI is InChI=1S/C26H28N6O3S/c1-3-5-17(33)10-13-32-21-15-20-19(29-26(35)31(20)4-2)14-18(21)28-25(32)30-24(34)23-7-6-22(36-23)16-8-11-27-12-9-16/h6-9,11-12,14-15,17,33H,3-5,10,13H2,1-2H3,(H,29,35)(H,28,30,34). The molecule has 0 aliphatic heterocycles. The van der Waals surface area contributed by atoms with E-state index in [1.165, 1.54) is 11.3 Å². The lowest BCUT2D eigenvalue weighted by Crippen LogP contribution is -2.17. The maximum absolute atomic E-state index is 13.2. The largest absolute Gasteiger partial charge is 0.393 e. The Morgan fingerprint density at radius 1 is 1.11 bits per heavy atom. The van der Waals surface area contributed by atoms with Crippen LogP contribution < -0.4 is 11.0 Å². The summed E-state index contributed by atoms with van der Waals surface area (Å²) in [6, 6.07) is 11.3. The second-order valence-corrected chi connectivity index (χ2v) is 9.79. The number of thiophene rings is 1. The van der Waals surface area contributed by atoms with Crippen LogP contribution in [0.3, 0.4) is 0 Å². The molecule has 1 unspecified atom stereocenters. The summed E-state index contributed by atoms with van der Waals surface area (Å²) in [5.74, 6) is 0.164. The summed E-state index contributed by atoms with van der Waals surface area (Å²) in [4.78, 5) is 38.7. The monoisotopic (exact) mass is 504 g/mol. The van der Waals surface area contributed by atoms with Crippen LogP contribution in [0.15, 0.2) is 53.6 Å². The molecule has 0 radical (unpaired) electrons. The molecule has 1 atom stereocenters. The van der Waals surface area contributed by atoms with Crippen LogP contribution in [0.25, 0.3) is 32.5 Å². The molecule has 5 aromatic rings. The zero-order valence-electron chi connectivity index (χ0n) is 20.2. The second kappa shape index (κ2) is 10.1. The van der Waals surface area contributed by atoms with E-state index < -0.39 is 6.10 Å². The summed E-state index contributed by atoms with van der Waals surface area (Å²) < 4.78 is 3.59. The first-order valence-electron chi connectivity index (χ1n) is 12.1. The normalized spacial score (nSPS) is 12.4. The molecule has 1 amide bonds. The number of hydrogen-bond donors (Lipinski definition) is 3. The quantitative estimate of drug-likeness (QED) is 0.271. The van der Waals surface area contributed by atoms with Gasteiger partial charge in [-0.05, 0) is 61.7 Å². The smallest absolute Gasteiger partial charge is 0.326 e. The average Bonchev–Trinajstić information content (AvgIpc) is 3.57. The van der Waals surface area contributed by atoms with Crippen molar-refractivity contribution in [2.45, 2.75) is 52.3 Å². The lowest BCUT2D eigenvalue weighted by molar-refractivity contribution is 0.102. The number of carbonyl (C=O) groups excluding carboxylic acids is 1. The molecule has 0 fully saturated rings. The fourth-order valence-electron chi connectivity index (χ4n) is 4.46. The number of nitrogens with zero attached hydrogens (tertiary/aromatic N) is 4. The maximum atomic E-state index is 13.2. The first kappa shape index (κ1) is 24.0. The summed E-state index contributed by atoms with van der Waals surface area (Å²) in [5, 5.41) is 13.3. The van der Waals surface area contributed by atoms with Gasteiger partial charge in [-0.3, -0.25) is 19.7 Å². The Kier molecular flexibility index (Phi) is 6.71. The van der Waals surface area contributed by atoms with Gasteiger partial charge in [-0.1, -0.05) is 13.3 Å². The van der Waals surface area contributed by atoms with Gasteiger partial charge in [0.25, 0.3) is 5.91 Å². The Morgan fingerprint density at radius 3 is 2.67 bits per heavy atom. The number of anilines is 1. The minimum atomic E-state index is -0.443. The van der Waals surface area contributed by atoms with Gasteiger partial charge in [0.15, 0.2) is 0 Å². The van der Waals surface area contributed by atoms with Crippen LogP contribution in [-0.2, 0) is 13.1 Å². The van der Waals surface area contributed by atoms with Crippen LogP contribution in [0.1, 0.15) is 42.8 Å². The predicted molar refractivity (Wildman–Crippen MR) is 143 cm³/mol. The molecule has 0 saturated carbocycles. The lowest BCUT2D eigenvalue weighted by atomic mass is 10.1. The van der Waals surface area contributed by atoms with Crippen LogP contribution in [0.2, 0.25) is 0 Å². The fourth-order valence-corrected chi connectivity index (χ4v) is 5.37. The number of pyridine rings is 1. The van der Waals surface area contributed by atoms with E-state index in [0.717, 1.165) is 27.9 Å². The summed E-state index contributed by atoms with van der Waals surface area (Å²) in [5.41, 5.74) is 3.78. The molecule has 3 N–H and O–H groups in total. The maximum Gasteiger partial charge on any atom is 0.326 e. The molecule has 9 nitrogen and oxygen atoms in total. The molecule has 186 valence electrons. The van der Waals surface area contributed by atoms with E-state index in [9.17, 15) is 14.7 Å². The Labute approximate surface area is 211 Å². The van der Waals surface area contributed by atoms with Crippen molar-refractivity contribution in [3.8, 4) is 10.4 Å². The van der Waals surface area contributed by atoms with Crippen molar-refractivity contribution in [2.24, 2.45) is 0 Å². The number of aromatic amines is 1. The van der Waals surface area contributed by atoms with Gasteiger partial charge < -0.3 is 14.7 Å². The van der Waals surface area contributed by atoms with Crippen LogP contribution in [0.5, 0.6) is 0 Å². The fraction of sp³-hybridized carbons (Fsp3) is 0.308. The topological polar surface area (TPSA) is 118 Å². The number of aromatic nitrogens is 5. The Hall–Kier alpha value is -3.76. The molecule has 5 rings (SSSR count). The zero-order valence-corrected chi connectivity index (χ0v) is 21.0. The van der Waals surface area contributed by atoms with Gasteiger partial charge in [0.2, 0.25) is 5.95 Å². The number of H-pyrrole nitrogens is 1. The zero-order chi connectivity index (χ0) is 25.2. The molecule has 0 saturated heterocycles. The van der Waals surface area contributed by atoms with Gasteiger partial charge in [-0.15, -0.1) is 11.3 Å². The van der Waals surface area contributed by atoms with Crippen LogP contribution >= 0.6 is 11.3 Å². The van der Waals surface area contributed by atoms with E-state index in [4.69, 9.17) is 4.98 Å². The van der Waals surface area contributed by atoms with E-state index in [-0.39, 0.29) is 11.6 Å². The van der Waals surface area contributed by atoms with Crippen molar-refractivity contribution in [3.05, 3.63) is 64.2 Å². The van der Waals surface area contributed by atoms with Gasteiger partial charge in [0.05, 0.1) is 33.0 Å². The molecule has 0 aliphatic carbocycles. The van der Waals surface area contributed by atoms with Crippen molar-refractivity contribution in [2.75, 3.05) is 5.32 Å². The summed E-state index contributed by atoms with van der Waals surface area (Å²) in [6.07, 6.45) is 5.13. The minimum Gasteiger partial charge on any atom is -0.393 e. The number of amides is 1. The number of benzene rings is 1. The number of aryl methyl sites for hydroxylation is 2. The van der Waals surface area contributed by atoms with E-state index in [1.807, 2.05) is 48.7 Å². The average molecular weight is 505 g/mol. The number of imidazole rings is 2. The summed E-state index contributed by atoms with van der Waals surface area (Å²) in [6.45, 7) is 4.97. The number of hydrogen-bond acceptors (Lipinski definition) is 6. The van der Waals surface area contributed by atoms with E-state index in [1.54, 1.807) is 23.0 Å². The van der Waals surface area contributed by atoms with Gasteiger partial charge in [0.1, 0.15) is 0 Å². The van der Waals surface area contributed by atoms with Crippen molar-refractivity contribution >= 4 is 45.3 Å². The van der Waals surface area contributed by atoms with Crippen molar-refractivity contribution in [3.63, 3.8) is 0 Å². The molecular formula is C26H28N6O3S. The van der Waals surface area contributed by atoms with Crippen molar-refractivity contribution in [1.29, 1.82) is 0 Å². The summed E-state index contributed by atoms with van der Waals surface area (Å²) in [7, 11) is 0. The molecule has 1 aromatic carbocycles. The lowest BCUT2D eigenvalue weighted by Gasteiger charge is -2.13. The van der Waals surface area contributed by atoms with Gasteiger partial charge in [0, 0.05) is 30.4 Å². The number of fused-ring (bicyclic) bond motifs is 2. The third kappa shape index (κ3) is 4.57. The highest BCUT2D eigenvalue weighted by Gasteiger charge is 2.19. The number of rotatable bonds is 9. The second-order valence-electron chi connectivity index (χ2n) is 8.70.